The molecule has 0 aliphatic rings. The van der Waals surface area contributed by atoms with Gasteiger partial charge < -0.3 is 0 Å². The second-order valence-corrected chi connectivity index (χ2v) is 8.60. The second-order valence-electron chi connectivity index (χ2n) is 8.60. The van der Waals surface area contributed by atoms with Crippen LogP contribution in [0.1, 0.15) is 34.2 Å². The summed E-state index contributed by atoms with van der Waals surface area (Å²) < 4.78 is 0. The maximum atomic E-state index is 4.74. The van der Waals surface area contributed by atoms with Gasteiger partial charge in [0.05, 0.1) is 22.8 Å². The lowest BCUT2D eigenvalue weighted by Crippen LogP contribution is -2.35. The third-order valence-corrected chi connectivity index (χ3v) is 5.62. The van der Waals surface area contributed by atoms with Crippen molar-refractivity contribution in [2.24, 2.45) is 0 Å². The van der Waals surface area contributed by atoms with Crippen molar-refractivity contribution >= 4 is 0 Å². The first kappa shape index (κ1) is 23.7. The molecule has 0 atom stereocenters. The first-order valence-electron chi connectivity index (χ1n) is 11.7. The van der Waals surface area contributed by atoms with Crippen molar-refractivity contribution in [3.8, 4) is 0 Å². The molecule has 0 fully saturated rings. The fourth-order valence-corrected chi connectivity index (χ4v) is 3.99. The Balaban J connectivity index is 1.50. The van der Waals surface area contributed by atoms with Crippen LogP contribution in [-0.2, 0) is 26.2 Å². The molecule has 0 N–H and O–H groups in total. The zero-order chi connectivity index (χ0) is 23.6. The van der Waals surface area contributed by atoms with E-state index < -0.39 is 0 Å². The Bertz CT molecular complexity index is 1060. The Hall–Kier alpha value is -3.48. The Morgan fingerprint density at radius 1 is 0.500 bits per heavy atom. The van der Waals surface area contributed by atoms with Crippen LogP contribution in [0.3, 0.4) is 0 Å². The van der Waals surface area contributed by atoms with Crippen LogP contribution in [0.2, 0.25) is 0 Å². The van der Waals surface area contributed by atoms with E-state index in [9.17, 15) is 0 Å². The molecular weight excluding hydrogens is 420 g/mol. The first-order valence-corrected chi connectivity index (χ1v) is 11.7. The molecule has 4 aromatic heterocycles. The molecule has 0 spiro atoms. The van der Waals surface area contributed by atoms with Crippen molar-refractivity contribution in [3.05, 3.63) is 119 Å². The standard InChI is InChI=1S/C28H32N6/c1-23-9-7-13-27(31-23)21-34(22-28-14-8-10-24(2)32-28)18-17-33(19-25-11-3-5-15-29-25)20-26-12-4-6-16-30-26/h3-16H,17-22H2,1-2H3. The third kappa shape index (κ3) is 7.54. The SMILES string of the molecule is Cc1cccc(CN(CCN(Cc2ccccn2)Cc2ccccn2)Cc2cccc(C)n2)n1. The molecule has 6 nitrogen and oxygen atoms in total. The van der Waals surface area contributed by atoms with E-state index in [0.717, 1.165) is 73.4 Å². The summed E-state index contributed by atoms with van der Waals surface area (Å²) >= 11 is 0. The number of hydrogen-bond acceptors (Lipinski definition) is 6. The molecule has 0 bridgehead atoms. The second kappa shape index (κ2) is 12.1. The van der Waals surface area contributed by atoms with Crippen LogP contribution in [0.15, 0.2) is 85.2 Å². The molecule has 0 amide bonds. The number of pyridine rings is 4. The largest absolute Gasteiger partial charge is 0.290 e. The topological polar surface area (TPSA) is 58.0 Å². The predicted molar refractivity (Wildman–Crippen MR) is 135 cm³/mol. The summed E-state index contributed by atoms with van der Waals surface area (Å²) in [6, 6.07) is 24.6. The molecule has 0 unspecified atom stereocenters. The summed E-state index contributed by atoms with van der Waals surface area (Å²) in [5.41, 5.74) is 6.36. The minimum Gasteiger partial charge on any atom is -0.290 e. The molecular formula is C28H32N6. The van der Waals surface area contributed by atoms with Crippen LogP contribution in [0.4, 0.5) is 0 Å². The molecule has 6 heteroatoms. The molecule has 0 saturated heterocycles. The zero-order valence-electron chi connectivity index (χ0n) is 20.0. The summed E-state index contributed by atoms with van der Waals surface area (Å²) in [5, 5.41) is 0. The van der Waals surface area contributed by atoms with Crippen LogP contribution in [-0.4, -0.2) is 42.8 Å². The monoisotopic (exact) mass is 452 g/mol. The van der Waals surface area contributed by atoms with Crippen LogP contribution in [0, 0.1) is 13.8 Å². The Morgan fingerprint density at radius 2 is 0.912 bits per heavy atom. The van der Waals surface area contributed by atoms with E-state index in [1.807, 2.05) is 62.6 Å². The number of rotatable bonds is 11. The predicted octanol–water partition coefficient (Wildman–Crippen LogP) is 4.59. The highest BCUT2D eigenvalue weighted by Gasteiger charge is 2.14. The van der Waals surface area contributed by atoms with Crippen LogP contribution in [0.5, 0.6) is 0 Å². The van der Waals surface area contributed by atoms with Crippen molar-refractivity contribution in [2.75, 3.05) is 13.1 Å². The van der Waals surface area contributed by atoms with E-state index in [4.69, 9.17) is 9.97 Å². The fourth-order valence-electron chi connectivity index (χ4n) is 3.99. The maximum absolute atomic E-state index is 4.74. The molecule has 0 aromatic carbocycles. The van der Waals surface area contributed by atoms with E-state index in [0.29, 0.717) is 0 Å². The van der Waals surface area contributed by atoms with Gasteiger partial charge in [0.2, 0.25) is 0 Å². The average Bonchev–Trinajstić information content (AvgIpc) is 2.84. The zero-order valence-corrected chi connectivity index (χ0v) is 20.0. The van der Waals surface area contributed by atoms with Gasteiger partial charge in [-0.3, -0.25) is 29.7 Å². The van der Waals surface area contributed by atoms with Crippen molar-refractivity contribution in [3.63, 3.8) is 0 Å². The minimum absolute atomic E-state index is 0.774. The van der Waals surface area contributed by atoms with E-state index in [1.165, 1.54) is 0 Å². The Morgan fingerprint density at radius 3 is 1.29 bits per heavy atom. The maximum Gasteiger partial charge on any atom is 0.0547 e. The summed E-state index contributed by atoms with van der Waals surface area (Å²) in [7, 11) is 0. The third-order valence-electron chi connectivity index (χ3n) is 5.62. The van der Waals surface area contributed by atoms with Gasteiger partial charge in [-0.15, -0.1) is 0 Å². The van der Waals surface area contributed by atoms with Crippen molar-refractivity contribution in [1.82, 2.24) is 29.7 Å². The summed E-state index contributed by atoms with van der Waals surface area (Å²) in [6.07, 6.45) is 3.71. The summed E-state index contributed by atoms with van der Waals surface area (Å²) in [6.45, 7) is 8.94. The number of aromatic nitrogens is 4. The molecule has 4 heterocycles. The quantitative estimate of drug-likeness (QED) is 0.332. The summed E-state index contributed by atoms with van der Waals surface area (Å²) in [5.74, 6) is 0. The van der Waals surface area contributed by atoms with Gasteiger partial charge in [-0.05, 0) is 62.4 Å². The van der Waals surface area contributed by atoms with Gasteiger partial charge in [-0.25, -0.2) is 0 Å². The van der Waals surface area contributed by atoms with Crippen molar-refractivity contribution in [1.29, 1.82) is 0 Å². The van der Waals surface area contributed by atoms with Crippen LogP contribution < -0.4 is 0 Å². The minimum atomic E-state index is 0.774. The molecule has 4 rings (SSSR count). The Kier molecular flexibility index (Phi) is 8.43. The molecule has 0 aliphatic heterocycles. The average molecular weight is 453 g/mol. The highest BCUT2D eigenvalue weighted by Crippen LogP contribution is 2.12. The van der Waals surface area contributed by atoms with Gasteiger partial charge in [-0.1, -0.05) is 24.3 Å². The van der Waals surface area contributed by atoms with Gasteiger partial charge >= 0.3 is 0 Å². The molecule has 174 valence electrons. The first-order chi connectivity index (χ1) is 16.6. The number of aryl methyl sites for hydroxylation is 2. The molecule has 34 heavy (non-hydrogen) atoms. The lowest BCUT2D eigenvalue weighted by atomic mass is 10.2. The molecule has 0 aliphatic carbocycles. The van der Waals surface area contributed by atoms with E-state index in [1.54, 1.807) is 0 Å². The lowest BCUT2D eigenvalue weighted by molar-refractivity contribution is 0.178. The number of hydrogen-bond donors (Lipinski definition) is 0. The highest BCUT2D eigenvalue weighted by molar-refractivity contribution is 5.12. The fraction of sp³-hybridized carbons (Fsp3) is 0.286. The van der Waals surface area contributed by atoms with Gasteiger partial charge in [-0.2, -0.15) is 0 Å². The Labute approximate surface area is 202 Å². The van der Waals surface area contributed by atoms with E-state index in [-0.39, 0.29) is 0 Å². The van der Waals surface area contributed by atoms with Gasteiger partial charge in [0.25, 0.3) is 0 Å². The normalized spacial score (nSPS) is 11.3. The van der Waals surface area contributed by atoms with Crippen molar-refractivity contribution in [2.45, 2.75) is 40.0 Å². The molecule has 4 aromatic rings. The highest BCUT2D eigenvalue weighted by atomic mass is 15.2. The lowest BCUT2D eigenvalue weighted by Gasteiger charge is -2.27. The smallest absolute Gasteiger partial charge is 0.0547 e. The summed E-state index contributed by atoms with van der Waals surface area (Å²) in [4.78, 5) is 23.4. The molecule has 0 radical (unpaired) electrons. The van der Waals surface area contributed by atoms with Gasteiger partial charge in [0, 0.05) is 63.1 Å². The van der Waals surface area contributed by atoms with E-state index in [2.05, 4.69) is 56.2 Å². The van der Waals surface area contributed by atoms with Crippen LogP contribution in [0.25, 0.3) is 0 Å². The van der Waals surface area contributed by atoms with Crippen molar-refractivity contribution < 1.29 is 0 Å². The molecule has 0 saturated carbocycles. The van der Waals surface area contributed by atoms with Gasteiger partial charge in [0.1, 0.15) is 0 Å². The van der Waals surface area contributed by atoms with Gasteiger partial charge in [0.15, 0.2) is 0 Å². The van der Waals surface area contributed by atoms with Crippen LogP contribution >= 0.6 is 0 Å². The number of nitrogens with zero attached hydrogens (tertiary/aromatic N) is 6. The van der Waals surface area contributed by atoms with E-state index >= 15 is 0 Å².